The molecular weight excluding hydrogens is 162 g/mol. The highest BCUT2D eigenvalue weighted by Crippen LogP contribution is 2.19. The lowest BCUT2D eigenvalue weighted by molar-refractivity contribution is -0.127. The normalized spacial score (nSPS) is 23.4. The van der Waals surface area contributed by atoms with E-state index in [0.29, 0.717) is 11.9 Å². The molecule has 0 bridgehead atoms. The van der Waals surface area contributed by atoms with Crippen LogP contribution in [-0.2, 0) is 4.79 Å². The molecule has 74 valence electrons. The van der Waals surface area contributed by atoms with Crippen LogP contribution in [0.25, 0.3) is 0 Å². The van der Waals surface area contributed by atoms with Gasteiger partial charge in [-0.2, -0.15) is 0 Å². The average Bonchev–Trinajstić information content (AvgIpc) is 2.43. The number of carbonyl (C=O) groups excluding carboxylic acids is 1. The summed E-state index contributed by atoms with van der Waals surface area (Å²) in [6, 6.07) is 0.459. The van der Waals surface area contributed by atoms with Crippen molar-refractivity contribution < 1.29 is 4.79 Å². The van der Waals surface area contributed by atoms with E-state index in [9.17, 15) is 4.79 Å². The summed E-state index contributed by atoms with van der Waals surface area (Å²) in [5.74, 6) is 0.300. The van der Waals surface area contributed by atoms with Gasteiger partial charge in [0.1, 0.15) is 0 Å². The van der Waals surface area contributed by atoms with Crippen molar-refractivity contribution in [2.75, 3.05) is 7.05 Å². The lowest BCUT2D eigenvalue weighted by atomic mass is 10.1. The van der Waals surface area contributed by atoms with Gasteiger partial charge in [0, 0.05) is 19.5 Å². The third-order valence-electron chi connectivity index (χ3n) is 2.66. The molecule has 0 aromatic rings. The first kappa shape index (κ1) is 10.3. The van der Waals surface area contributed by atoms with Crippen LogP contribution in [0, 0.1) is 0 Å². The standard InChI is InChI=1S/C11H19NO/c1-3-4-5-6-7-10-8-9-11(13)12(10)2/h5-6,10H,3-4,7-9H2,1-2H3/t10-/m0/s1. The molecule has 0 aromatic heterocycles. The summed E-state index contributed by atoms with van der Waals surface area (Å²) >= 11 is 0. The molecule has 1 rings (SSSR count). The van der Waals surface area contributed by atoms with Gasteiger partial charge in [0.15, 0.2) is 0 Å². The Labute approximate surface area is 80.6 Å². The highest BCUT2D eigenvalue weighted by Gasteiger charge is 2.25. The highest BCUT2D eigenvalue weighted by atomic mass is 16.2. The molecule has 0 aliphatic carbocycles. The fraction of sp³-hybridized carbons (Fsp3) is 0.727. The zero-order valence-electron chi connectivity index (χ0n) is 8.62. The maximum absolute atomic E-state index is 11.2. The van der Waals surface area contributed by atoms with E-state index < -0.39 is 0 Å². The Balaban J connectivity index is 2.26. The van der Waals surface area contributed by atoms with Gasteiger partial charge in [-0.1, -0.05) is 25.5 Å². The first-order valence-electron chi connectivity index (χ1n) is 5.16. The summed E-state index contributed by atoms with van der Waals surface area (Å²) in [6.45, 7) is 2.18. The minimum Gasteiger partial charge on any atom is -0.342 e. The van der Waals surface area contributed by atoms with E-state index in [2.05, 4.69) is 19.1 Å². The van der Waals surface area contributed by atoms with Crippen LogP contribution in [0.2, 0.25) is 0 Å². The van der Waals surface area contributed by atoms with Crippen molar-refractivity contribution in [3.8, 4) is 0 Å². The van der Waals surface area contributed by atoms with E-state index in [4.69, 9.17) is 0 Å². The Morgan fingerprint density at radius 3 is 2.85 bits per heavy atom. The quantitative estimate of drug-likeness (QED) is 0.610. The summed E-state index contributed by atoms with van der Waals surface area (Å²) < 4.78 is 0. The summed E-state index contributed by atoms with van der Waals surface area (Å²) in [5.41, 5.74) is 0. The largest absolute Gasteiger partial charge is 0.342 e. The van der Waals surface area contributed by atoms with Gasteiger partial charge in [-0.15, -0.1) is 0 Å². The summed E-state index contributed by atoms with van der Waals surface area (Å²) in [5, 5.41) is 0. The van der Waals surface area contributed by atoms with Gasteiger partial charge in [-0.3, -0.25) is 4.79 Å². The molecule has 0 N–H and O–H groups in total. The molecule has 0 aromatic carbocycles. The Morgan fingerprint density at radius 2 is 2.31 bits per heavy atom. The van der Waals surface area contributed by atoms with Crippen LogP contribution >= 0.6 is 0 Å². The number of nitrogens with zero attached hydrogens (tertiary/aromatic N) is 1. The molecule has 1 aliphatic heterocycles. The number of rotatable bonds is 4. The Hall–Kier alpha value is -0.790. The Kier molecular flexibility index (Phi) is 4.00. The van der Waals surface area contributed by atoms with Crippen LogP contribution in [0.5, 0.6) is 0 Å². The zero-order valence-corrected chi connectivity index (χ0v) is 8.62. The van der Waals surface area contributed by atoms with Crippen molar-refractivity contribution in [1.82, 2.24) is 4.90 Å². The molecule has 13 heavy (non-hydrogen) atoms. The number of carbonyl (C=O) groups is 1. The third kappa shape index (κ3) is 2.87. The van der Waals surface area contributed by atoms with E-state index in [1.807, 2.05) is 11.9 Å². The maximum atomic E-state index is 11.2. The van der Waals surface area contributed by atoms with Crippen LogP contribution < -0.4 is 0 Å². The second-order valence-corrected chi connectivity index (χ2v) is 3.69. The molecule has 1 amide bonds. The summed E-state index contributed by atoms with van der Waals surface area (Å²) in [4.78, 5) is 13.1. The Bertz CT molecular complexity index is 198. The van der Waals surface area contributed by atoms with E-state index in [1.165, 1.54) is 6.42 Å². The second kappa shape index (κ2) is 5.05. The predicted octanol–water partition coefficient (Wildman–Crippen LogP) is 2.35. The first-order valence-corrected chi connectivity index (χ1v) is 5.16. The van der Waals surface area contributed by atoms with Gasteiger partial charge in [0.05, 0.1) is 0 Å². The SMILES string of the molecule is CCCC=CC[C@H]1CCC(=O)N1C. The van der Waals surface area contributed by atoms with Crippen LogP contribution in [0.1, 0.15) is 39.0 Å². The minimum absolute atomic E-state index is 0.300. The van der Waals surface area contributed by atoms with Crippen LogP contribution in [0.15, 0.2) is 12.2 Å². The molecule has 2 nitrogen and oxygen atoms in total. The predicted molar refractivity (Wildman–Crippen MR) is 54.5 cm³/mol. The van der Waals surface area contributed by atoms with E-state index in [0.717, 1.165) is 25.7 Å². The number of likely N-dealkylation sites (tertiary alicyclic amines) is 1. The Morgan fingerprint density at radius 1 is 1.54 bits per heavy atom. The van der Waals surface area contributed by atoms with E-state index >= 15 is 0 Å². The maximum Gasteiger partial charge on any atom is 0.222 e. The number of hydrogen-bond acceptors (Lipinski definition) is 1. The van der Waals surface area contributed by atoms with Crippen molar-refractivity contribution in [1.29, 1.82) is 0 Å². The molecule has 1 saturated heterocycles. The number of amides is 1. The van der Waals surface area contributed by atoms with Crippen LogP contribution in [-0.4, -0.2) is 23.9 Å². The summed E-state index contributed by atoms with van der Waals surface area (Å²) in [7, 11) is 1.91. The highest BCUT2D eigenvalue weighted by molar-refractivity contribution is 5.78. The summed E-state index contributed by atoms with van der Waals surface area (Å²) in [6.07, 6.45) is 9.59. The first-order chi connectivity index (χ1) is 6.25. The van der Waals surface area contributed by atoms with Gasteiger partial charge in [0.25, 0.3) is 0 Å². The molecule has 0 saturated carbocycles. The average molecular weight is 181 g/mol. The van der Waals surface area contributed by atoms with Crippen molar-refractivity contribution in [2.45, 2.75) is 45.1 Å². The molecular formula is C11H19NO. The second-order valence-electron chi connectivity index (χ2n) is 3.69. The molecule has 1 heterocycles. The van der Waals surface area contributed by atoms with Gasteiger partial charge in [-0.05, 0) is 19.3 Å². The van der Waals surface area contributed by atoms with Crippen molar-refractivity contribution in [3.05, 3.63) is 12.2 Å². The van der Waals surface area contributed by atoms with Crippen LogP contribution in [0.3, 0.4) is 0 Å². The molecule has 2 heteroatoms. The molecule has 1 aliphatic rings. The lowest BCUT2D eigenvalue weighted by Gasteiger charge is -2.17. The van der Waals surface area contributed by atoms with E-state index in [-0.39, 0.29) is 0 Å². The van der Waals surface area contributed by atoms with Crippen molar-refractivity contribution >= 4 is 5.91 Å². The van der Waals surface area contributed by atoms with Gasteiger partial charge < -0.3 is 4.90 Å². The monoisotopic (exact) mass is 181 g/mol. The topological polar surface area (TPSA) is 20.3 Å². The van der Waals surface area contributed by atoms with Gasteiger partial charge in [0.2, 0.25) is 5.91 Å². The number of unbranched alkanes of at least 4 members (excludes halogenated alkanes) is 1. The third-order valence-corrected chi connectivity index (χ3v) is 2.66. The van der Waals surface area contributed by atoms with Gasteiger partial charge >= 0.3 is 0 Å². The number of allylic oxidation sites excluding steroid dienone is 1. The zero-order chi connectivity index (χ0) is 9.68. The van der Waals surface area contributed by atoms with Crippen molar-refractivity contribution in [2.24, 2.45) is 0 Å². The molecule has 0 radical (unpaired) electrons. The fourth-order valence-electron chi connectivity index (χ4n) is 1.68. The van der Waals surface area contributed by atoms with Crippen LogP contribution in [0.4, 0.5) is 0 Å². The van der Waals surface area contributed by atoms with E-state index in [1.54, 1.807) is 0 Å². The van der Waals surface area contributed by atoms with Crippen molar-refractivity contribution in [3.63, 3.8) is 0 Å². The minimum atomic E-state index is 0.300. The molecule has 0 unspecified atom stereocenters. The molecule has 0 spiro atoms. The van der Waals surface area contributed by atoms with Gasteiger partial charge in [-0.25, -0.2) is 0 Å². The smallest absolute Gasteiger partial charge is 0.222 e. The lowest BCUT2D eigenvalue weighted by Crippen LogP contribution is -2.27. The fourth-order valence-corrected chi connectivity index (χ4v) is 1.68. The number of hydrogen-bond donors (Lipinski definition) is 0. The molecule has 1 fully saturated rings. The molecule has 1 atom stereocenters.